The van der Waals surface area contributed by atoms with Gasteiger partial charge in [0.15, 0.2) is 5.78 Å². The molecule has 0 unspecified atom stereocenters. The second kappa shape index (κ2) is 8.19. The first-order valence-electron chi connectivity index (χ1n) is 7.95. The smallest absolute Gasteiger partial charge is 0.412 e. The minimum atomic E-state index is -0.585. The quantitative estimate of drug-likeness (QED) is 0.386. The highest BCUT2D eigenvalue weighted by Gasteiger charge is 2.16. The molecule has 0 aromatic heterocycles. The molecule has 1 amide bonds. The molecular formula is C20H20BrNO4. The fraction of sp³-hybridized carbons (Fsp3) is 0.200. The Bertz CT molecular complexity index is 818. The number of ketones is 1. The second-order valence-electron chi connectivity index (χ2n) is 6.60. The number of carbonyl (C=O) groups is 2. The molecule has 2 aromatic carbocycles. The van der Waals surface area contributed by atoms with Crippen molar-refractivity contribution in [1.82, 2.24) is 0 Å². The number of hydrogen-bond acceptors (Lipinski definition) is 4. The molecule has 136 valence electrons. The summed E-state index contributed by atoms with van der Waals surface area (Å²) >= 11 is 3.31. The number of rotatable bonds is 4. The van der Waals surface area contributed by atoms with Crippen molar-refractivity contribution in [3.63, 3.8) is 0 Å². The number of anilines is 1. The van der Waals surface area contributed by atoms with Crippen LogP contribution in [-0.2, 0) is 4.74 Å². The minimum Gasteiger partial charge on any atom is -0.507 e. The Morgan fingerprint density at radius 1 is 1.00 bits per heavy atom. The summed E-state index contributed by atoms with van der Waals surface area (Å²) in [6.07, 6.45) is 0.606. The molecular weight excluding hydrogens is 398 g/mol. The van der Waals surface area contributed by atoms with E-state index in [1.807, 2.05) is 0 Å². The van der Waals surface area contributed by atoms with E-state index < -0.39 is 11.7 Å². The van der Waals surface area contributed by atoms with Crippen LogP contribution < -0.4 is 5.32 Å². The van der Waals surface area contributed by atoms with Crippen LogP contribution in [0.4, 0.5) is 10.5 Å². The Hall–Kier alpha value is -2.60. The van der Waals surface area contributed by atoms with Gasteiger partial charge in [0.25, 0.3) is 0 Å². The lowest BCUT2D eigenvalue weighted by Gasteiger charge is -2.19. The third kappa shape index (κ3) is 6.04. The van der Waals surface area contributed by atoms with Gasteiger partial charge < -0.3 is 9.84 Å². The zero-order valence-electron chi connectivity index (χ0n) is 14.7. The van der Waals surface area contributed by atoms with Gasteiger partial charge in [0.05, 0.1) is 0 Å². The Morgan fingerprint density at radius 2 is 1.54 bits per heavy atom. The first kappa shape index (κ1) is 19.7. The van der Waals surface area contributed by atoms with Gasteiger partial charge in [0.1, 0.15) is 11.4 Å². The maximum Gasteiger partial charge on any atom is 0.412 e. The van der Waals surface area contributed by atoms with Gasteiger partial charge in [-0.25, -0.2) is 4.79 Å². The molecule has 0 saturated carbocycles. The van der Waals surface area contributed by atoms with E-state index in [2.05, 4.69) is 21.2 Å². The van der Waals surface area contributed by atoms with E-state index in [1.54, 1.807) is 69.3 Å². The highest BCUT2D eigenvalue weighted by molar-refractivity contribution is 9.10. The summed E-state index contributed by atoms with van der Waals surface area (Å²) < 4.78 is 6.04. The average molecular weight is 418 g/mol. The minimum absolute atomic E-state index is 0.151. The molecule has 0 bridgehead atoms. The van der Waals surface area contributed by atoms with Gasteiger partial charge in [-0.15, -0.1) is 0 Å². The second-order valence-corrected chi connectivity index (χ2v) is 7.52. The van der Waals surface area contributed by atoms with E-state index in [9.17, 15) is 14.7 Å². The molecule has 0 heterocycles. The highest BCUT2D eigenvalue weighted by atomic mass is 79.9. The molecule has 5 nitrogen and oxygen atoms in total. The maximum absolute atomic E-state index is 12.2. The van der Waals surface area contributed by atoms with Gasteiger partial charge >= 0.3 is 6.09 Å². The molecule has 0 spiro atoms. The third-order valence-electron chi connectivity index (χ3n) is 3.22. The summed E-state index contributed by atoms with van der Waals surface area (Å²) in [5.41, 5.74) is 0.876. The summed E-state index contributed by atoms with van der Waals surface area (Å²) in [7, 11) is 0. The van der Waals surface area contributed by atoms with Crippen LogP contribution in [0.15, 0.2) is 59.1 Å². The summed E-state index contributed by atoms with van der Waals surface area (Å²) in [6.45, 7) is 5.34. The van der Waals surface area contributed by atoms with Crippen LogP contribution in [0.5, 0.6) is 0 Å². The first-order valence-corrected chi connectivity index (χ1v) is 8.74. The third-order valence-corrected chi connectivity index (χ3v) is 3.75. The number of ether oxygens (including phenoxy) is 1. The summed E-state index contributed by atoms with van der Waals surface area (Å²) in [5.74, 6) is -0.451. The van der Waals surface area contributed by atoms with Gasteiger partial charge in [0.2, 0.25) is 0 Å². The molecule has 2 N–H and O–H groups in total. The van der Waals surface area contributed by atoms with Crippen LogP contribution in [0.3, 0.4) is 0 Å². The highest BCUT2D eigenvalue weighted by Crippen LogP contribution is 2.18. The zero-order chi connectivity index (χ0) is 19.3. The first-order chi connectivity index (χ1) is 12.1. The van der Waals surface area contributed by atoms with Crippen molar-refractivity contribution in [2.75, 3.05) is 5.32 Å². The lowest BCUT2D eigenvalue weighted by molar-refractivity contribution is 0.0635. The summed E-state index contributed by atoms with van der Waals surface area (Å²) in [4.78, 5) is 23.9. The van der Waals surface area contributed by atoms with Gasteiger partial charge in [0, 0.05) is 27.4 Å². The van der Waals surface area contributed by atoms with E-state index in [-0.39, 0.29) is 11.5 Å². The Kier molecular flexibility index (Phi) is 6.21. The van der Waals surface area contributed by atoms with Crippen molar-refractivity contribution in [3.8, 4) is 0 Å². The van der Waals surface area contributed by atoms with E-state index in [0.29, 0.717) is 16.8 Å². The van der Waals surface area contributed by atoms with Crippen molar-refractivity contribution in [1.29, 1.82) is 0 Å². The van der Waals surface area contributed by atoms with Gasteiger partial charge in [-0.05, 0) is 69.3 Å². The van der Waals surface area contributed by atoms with Crippen LogP contribution in [0.25, 0.3) is 5.76 Å². The number of benzene rings is 2. The normalized spacial score (nSPS) is 11.8. The van der Waals surface area contributed by atoms with Crippen molar-refractivity contribution < 1.29 is 19.4 Å². The van der Waals surface area contributed by atoms with Crippen molar-refractivity contribution in [2.24, 2.45) is 0 Å². The number of amides is 1. The van der Waals surface area contributed by atoms with Crippen LogP contribution in [0.2, 0.25) is 0 Å². The Labute approximate surface area is 160 Å². The van der Waals surface area contributed by atoms with Crippen LogP contribution >= 0.6 is 15.9 Å². The summed E-state index contributed by atoms with van der Waals surface area (Å²) in [6, 6.07) is 13.3. The number of halogens is 1. The van der Waals surface area contributed by atoms with E-state index >= 15 is 0 Å². The number of aliphatic hydroxyl groups excluding tert-OH is 1. The van der Waals surface area contributed by atoms with Crippen LogP contribution in [-0.4, -0.2) is 22.6 Å². The predicted molar refractivity (Wildman–Crippen MR) is 105 cm³/mol. The number of hydrogen-bond donors (Lipinski definition) is 2. The van der Waals surface area contributed by atoms with Gasteiger partial charge in [-0.3, -0.25) is 10.1 Å². The monoisotopic (exact) mass is 417 g/mol. The SMILES string of the molecule is CC(C)(C)OC(=O)Nc1ccc(/C(O)=C/C(=O)c2ccc(Br)cc2)cc1. The Balaban J connectivity index is 2.06. The fourth-order valence-corrected chi connectivity index (χ4v) is 2.32. The van der Waals surface area contributed by atoms with Crippen LogP contribution in [0.1, 0.15) is 36.7 Å². The van der Waals surface area contributed by atoms with E-state index in [1.165, 1.54) is 6.08 Å². The molecule has 0 aliphatic carbocycles. The van der Waals surface area contributed by atoms with E-state index in [4.69, 9.17) is 4.74 Å². The lowest BCUT2D eigenvalue weighted by atomic mass is 10.1. The molecule has 0 aliphatic rings. The number of allylic oxidation sites excluding steroid dienone is 1. The molecule has 2 rings (SSSR count). The lowest BCUT2D eigenvalue weighted by Crippen LogP contribution is -2.27. The van der Waals surface area contributed by atoms with Crippen molar-refractivity contribution >= 4 is 39.3 Å². The average Bonchev–Trinajstić information content (AvgIpc) is 2.54. The maximum atomic E-state index is 12.2. The molecule has 0 fully saturated rings. The molecule has 0 atom stereocenters. The summed E-state index contributed by atoms with van der Waals surface area (Å²) in [5, 5.41) is 12.8. The standard InChI is InChI=1S/C20H20BrNO4/c1-20(2,3)26-19(25)22-16-10-6-14(7-11-16)18(24)12-17(23)13-4-8-15(21)9-5-13/h4-12,24H,1-3H3,(H,22,25)/b18-12-. The molecule has 0 radical (unpaired) electrons. The Morgan fingerprint density at radius 3 is 2.08 bits per heavy atom. The van der Waals surface area contributed by atoms with Crippen LogP contribution in [0, 0.1) is 0 Å². The molecule has 26 heavy (non-hydrogen) atoms. The van der Waals surface area contributed by atoms with Crippen molar-refractivity contribution in [2.45, 2.75) is 26.4 Å². The largest absolute Gasteiger partial charge is 0.507 e. The number of aliphatic hydroxyl groups is 1. The van der Waals surface area contributed by atoms with Gasteiger partial charge in [-0.2, -0.15) is 0 Å². The van der Waals surface area contributed by atoms with E-state index in [0.717, 1.165) is 4.47 Å². The zero-order valence-corrected chi connectivity index (χ0v) is 16.3. The van der Waals surface area contributed by atoms with Crippen molar-refractivity contribution in [3.05, 3.63) is 70.2 Å². The number of carbonyl (C=O) groups excluding carboxylic acids is 2. The topological polar surface area (TPSA) is 75.6 Å². The number of nitrogens with one attached hydrogen (secondary N) is 1. The van der Waals surface area contributed by atoms with Gasteiger partial charge in [-0.1, -0.05) is 15.9 Å². The molecule has 6 heteroatoms. The fourth-order valence-electron chi connectivity index (χ4n) is 2.05. The molecule has 2 aromatic rings. The molecule has 0 aliphatic heterocycles. The predicted octanol–water partition coefficient (Wildman–Crippen LogP) is 5.58. The molecule has 0 saturated heterocycles.